The van der Waals surface area contributed by atoms with E-state index in [9.17, 15) is 9.18 Å². The third-order valence-corrected chi connectivity index (χ3v) is 5.02. The third kappa shape index (κ3) is 3.57. The lowest BCUT2D eigenvalue weighted by Crippen LogP contribution is -2.13. The van der Waals surface area contributed by atoms with Crippen molar-refractivity contribution in [2.24, 2.45) is 0 Å². The second-order valence-electron chi connectivity index (χ2n) is 7.17. The van der Waals surface area contributed by atoms with Gasteiger partial charge in [-0.15, -0.1) is 0 Å². The molecule has 6 nitrogen and oxygen atoms in total. The zero-order chi connectivity index (χ0) is 21.4. The Morgan fingerprint density at radius 1 is 1.03 bits per heavy atom. The molecule has 0 aliphatic rings. The summed E-state index contributed by atoms with van der Waals surface area (Å²) in [7, 11) is 0. The van der Waals surface area contributed by atoms with Crippen LogP contribution in [0.15, 0.2) is 84.1 Å². The van der Waals surface area contributed by atoms with Crippen LogP contribution in [-0.4, -0.2) is 20.3 Å². The molecule has 0 aliphatic heterocycles. The van der Waals surface area contributed by atoms with Crippen LogP contribution in [0.2, 0.25) is 0 Å². The molecule has 1 amide bonds. The number of hydrogen-bond acceptors (Lipinski definition) is 4. The van der Waals surface area contributed by atoms with Gasteiger partial charge in [-0.3, -0.25) is 4.79 Å². The Hall–Kier alpha value is -4.26. The summed E-state index contributed by atoms with van der Waals surface area (Å²) in [6, 6.07) is 15.5. The third-order valence-electron chi connectivity index (χ3n) is 5.02. The summed E-state index contributed by atoms with van der Waals surface area (Å²) in [5.74, 6) is -0.136. The van der Waals surface area contributed by atoms with Crippen LogP contribution >= 0.6 is 0 Å². The van der Waals surface area contributed by atoms with Crippen LogP contribution < -0.4 is 5.32 Å². The summed E-state index contributed by atoms with van der Waals surface area (Å²) in [5, 5.41) is 2.84. The number of amides is 1. The number of aromatic nitrogens is 3. The number of halogens is 1. The van der Waals surface area contributed by atoms with Crippen molar-refractivity contribution in [3.8, 4) is 22.5 Å². The van der Waals surface area contributed by atoms with E-state index in [1.54, 1.807) is 30.5 Å². The van der Waals surface area contributed by atoms with Gasteiger partial charge in [-0.05, 0) is 53.9 Å². The minimum atomic E-state index is -0.304. The molecule has 0 bridgehead atoms. The van der Waals surface area contributed by atoms with E-state index >= 15 is 0 Å². The molecule has 0 aliphatic carbocycles. The van der Waals surface area contributed by atoms with Crippen molar-refractivity contribution in [1.29, 1.82) is 0 Å². The molecule has 31 heavy (non-hydrogen) atoms. The Balaban J connectivity index is 1.62. The highest BCUT2D eigenvalue weighted by molar-refractivity contribution is 6.09. The Labute approximate surface area is 177 Å². The summed E-state index contributed by atoms with van der Waals surface area (Å²) in [6.45, 7) is 1.93. The summed E-state index contributed by atoms with van der Waals surface area (Å²) in [4.78, 5) is 21.6. The van der Waals surface area contributed by atoms with E-state index in [2.05, 4.69) is 15.3 Å². The van der Waals surface area contributed by atoms with Crippen LogP contribution in [0.4, 0.5) is 10.2 Å². The maximum atomic E-state index is 13.3. The molecule has 0 atom stereocenters. The smallest absolute Gasteiger partial charge is 0.259 e. The molecule has 7 heteroatoms. The second-order valence-corrected chi connectivity index (χ2v) is 7.17. The first-order valence-electron chi connectivity index (χ1n) is 9.62. The SMILES string of the molecule is Cc1ccc(NC(=O)c2cc3ccc(-c4ccc(F)cc4)cn3c2-c2cocn2)nc1. The second kappa shape index (κ2) is 7.53. The average Bonchev–Trinajstić information content (AvgIpc) is 3.43. The highest BCUT2D eigenvalue weighted by Crippen LogP contribution is 2.30. The Morgan fingerprint density at radius 3 is 2.55 bits per heavy atom. The molecule has 0 fully saturated rings. The lowest BCUT2D eigenvalue weighted by atomic mass is 10.1. The van der Waals surface area contributed by atoms with E-state index in [1.165, 1.54) is 24.8 Å². The van der Waals surface area contributed by atoms with Crippen LogP contribution in [0.3, 0.4) is 0 Å². The molecular formula is C24H17FN4O2. The molecular weight excluding hydrogens is 395 g/mol. The number of carbonyl (C=O) groups excluding carboxylic acids is 1. The van der Waals surface area contributed by atoms with Gasteiger partial charge in [0, 0.05) is 17.9 Å². The number of carbonyl (C=O) groups is 1. The zero-order valence-electron chi connectivity index (χ0n) is 16.5. The molecule has 5 aromatic rings. The molecule has 0 spiro atoms. The van der Waals surface area contributed by atoms with E-state index in [4.69, 9.17) is 4.42 Å². The molecule has 0 radical (unpaired) electrons. The average molecular weight is 412 g/mol. The summed E-state index contributed by atoms with van der Waals surface area (Å²) < 4.78 is 20.4. The Kier molecular flexibility index (Phi) is 4.55. The normalized spacial score (nSPS) is 11.0. The molecule has 5 rings (SSSR count). The fourth-order valence-electron chi connectivity index (χ4n) is 3.47. The number of pyridine rings is 2. The maximum absolute atomic E-state index is 13.3. The van der Waals surface area contributed by atoms with Gasteiger partial charge in [0.05, 0.1) is 11.3 Å². The first-order chi connectivity index (χ1) is 15.1. The summed E-state index contributed by atoms with van der Waals surface area (Å²) in [5.41, 5.74) is 5.11. The van der Waals surface area contributed by atoms with Gasteiger partial charge in [0.25, 0.3) is 5.91 Å². The predicted molar refractivity (Wildman–Crippen MR) is 115 cm³/mol. The summed E-state index contributed by atoms with van der Waals surface area (Å²) >= 11 is 0. The van der Waals surface area contributed by atoms with Gasteiger partial charge in [-0.2, -0.15) is 0 Å². The van der Waals surface area contributed by atoms with Crippen LogP contribution in [0.25, 0.3) is 28.0 Å². The van der Waals surface area contributed by atoms with Gasteiger partial charge < -0.3 is 14.1 Å². The molecule has 4 heterocycles. The van der Waals surface area contributed by atoms with E-state index < -0.39 is 0 Å². The van der Waals surface area contributed by atoms with Crippen molar-refractivity contribution in [3.63, 3.8) is 0 Å². The standard InChI is InChI=1S/C24H17FN4O2/c1-15-2-9-22(26-11-15)28-24(30)20-10-19-8-5-17(16-3-6-18(25)7-4-16)12-29(19)23(20)21-13-31-14-27-21/h2-14H,1H3,(H,26,28,30). The largest absolute Gasteiger partial charge is 0.451 e. The number of nitrogens with zero attached hydrogens (tertiary/aromatic N) is 3. The van der Waals surface area contributed by atoms with Crippen LogP contribution in [0.5, 0.6) is 0 Å². The topological polar surface area (TPSA) is 72.4 Å². The number of rotatable bonds is 4. The highest BCUT2D eigenvalue weighted by Gasteiger charge is 2.21. The Morgan fingerprint density at radius 2 is 1.84 bits per heavy atom. The minimum Gasteiger partial charge on any atom is -0.451 e. The lowest BCUT2D eigenvalue weighted by molar-refractivity contribution is 0.102. The monoisotopic (exact) mass is 412 g/mol. The highest BCUT2D eigenvalue weighted by atomic mass is 19.1. The number of fused-ring (bicyclic) bond motifs is 1. The van der Waals surface area contributed by atoms with Gasteiger partial charge in [-0.25, -0.2) is 14.4 Å². The molecule has 4 aromatic heterocycles. The fraction of sp³-hybridized carbons (Fsp3) is 0.0417. The zero-order valence-corrected chi connectivity index (χ0v) is 16.5. The van der Waals surface area contributed by atoms with E-state index in [-0.39, 0.29) is 11.7 Å². The van der Waals surface area contributed by atoms with Crippen molar-refractivity contribution in [3.05, 3.63) is 96.6 Å². The molecule has 0 unspecified atom stereocenters. The van der Waals surface area contributed by atoms with Crippen LogP contribution in [0, 0.1) is 12.7 Å². The minimum absolute atomic E-state index is 0.294. The van der Waals surface area contributed by atoms with Crippen LogP contribution in [0.1, 0.15) is 15.9 Å². The maximum Gasteiger partial charge on any atom is 0.259 e. The van der Waals surface area contributed by atoms with Crippen molar-refractivity contribution < 1.29 is 13.6 Å². The van der Waals surface area contributed by atoms with E-state index in [0.29, 0.717) is 22.8 Å². The molecule has 1 N–H and O–H groups in total. The van der Waals surface area contributed by atoms with Crippen LogP contribution in [-0.2, 0) is 0 Å². The molecule has 0 saturated carbocycles. The number of hydrogen-bond donors (Lipinski definition) is 1. The summed E-state index contributed by atoms with van der Waals surface area (Å²) in [6.07, 6.45) is 6.40. The van der Waals surface area contributed by atoms with Gasteiger partial charge in [0.1, 0.15) is 23.6 Å². The molecule has 0 saturated heterocycles. The van der Waals surface area contributed by atoms with Gasteiger partial charge >= 0.3 is 0 Å². The lowest BCUT2D eigenvalue weighted by Gasteiger charge is -2.07. The van der Waals surface area contributed by atoms with Crippen molar-refractivity contribution in [1.82, 2.24) is 14.4 Å². The van der Waals surface area contributed by atoms with E-state index in [1.807, 2.05) is 35.7 Å². The predicted octanol–water partition coefficient (Wildman–Crippen LogP) is 5.36. The fourth-order valence-corrected chi connectivity index (χ4v) is 3.47. The number of oxazole rings is 1. The Bertz CT molecular complexity index is 1370. The van der Waals surface area contributed by atoms with Gasteiger partial charge in [0.15, 0.2) is 6.39 Å². The van der Waals surface area contributed by atoms with Gasteiger partial charge in [-0.1, -0.05) is 24.3 Å². The quantitative estimate of drug-likeness (QED) is 0.432. The number of aryl methyl sites for hydroxylation is 1. The number of benzene rings is 1. The molecule has 1 aromatic carbocycles. The first kappa shape index (κ1) is 18.7. The van der Waals surface area contributed by atoms with Crippen molar-refractivity contribution >= 4 is 17.2 Å². The van der Waals surface area contributed by atoms with Crippen molar-refractivity contribution in [2.45, 2.75) is 6.92 Å². The molecule has 152 valence electrons. The van der Waals surface area contributed by atoms with Crippen molar-refractivity contribution in [2.75, 3.05) is 5.32 Å². The van der Waals surface area contributed by atoms with Gasteiger partial charge in [0.2, 0.25) is 0 Å². The first-order valence-corrected chi connectivity index (χ1v) is 9.62. The van der Waals surface area contributed by atoms with E-state index in [0.717, 1.165) is 22.2 Å². The number of anilines is 1. The number of nitrogens with one attached hydrogen (secondary N) is 1.